The zero-order valence-electron chi connectivity index (χ0n) is 21.7. The van der Waals surface area contributed by atoms with Crippen LogP contribution in [0.2, 0.25) is 5.02 Å². The Morgan fingerprint density at radius 2 is 1.76 bits per heavy atom. The summed E-state index contributed by atoms with van der Waals surface area (Å²) in [7, 11) is 2.83. The van der Waals surface area contributed by atoms with E-state index < -0.39 is 24.1 Å². The maximum Gasteiger partial charge on any atom is 0.416 e. The number of halogens is 4. The number of alkyl halides is 3. The number of Topliss-reactive ketones (excluding diaryl/α,β-unsaturated/α-hetero) is 1. The predicted molar refractivity (Wildman–Crippen MR) is 137 cm³/mol. The predicted octanol–water partition coefficient (Wildman–Crippen LogP) is 5.09. The number of likely N-dealkylation sites (N-methyl/N-ethyl adjacent to an activating group) is 1. The van der Waals surface area contributed by atoms with Gasteiger partial charge < -0.3 is 19.9 Å². The monoisotopic (exact) mass is 554 g/mol. The molecular weight excluding hydrogens is 525 g/mol. The molecule has 1 unspecified atom stereocenters. The van der Waals surface area contributed by atoms with Gasteiger partial charge in [-0.3, -0.25) is 14.5 Å². The lowest BCUT2D eigenvalue weighted by molar-refractivity contribution is -0.137. The van der Waals surface area contributed by atoms with Gasteiger partial charge in [0.25, 0.3) is 6.35 Å². The van der Waals surface area contributed by atoms with Crippen molar-refractivity contribution >= 4 is 29.7 Å². The highest BCUT2D eigenvalue weighted by Gasteiger charge is 2.37. The summed E-state index contributed by atoms with van der Waals surface area (Å²) in [4.78, 5) is 40.2. The molecule has 0 bridgehead atoms. The summed E-state index contributed by atoms with van der Waals surface area (Å²) >= 11 is 5.96. The number of hydrogen-bond donors (Lipinski definition) is 1. The average Bonchev–Trinajstić information content (AvgIpc) is 3.21. The summed E-state index contributed by atoms with van der Waals surface area (Å²) < 4.78 is 45.4. The highest BCUT2D eigenvalue weighted by molar-refractivity contribution is 6.30. The van der Waals surface area contributed by atoms with Crippen LogP contribution < -0.4 is 10.1 Å². The number of carbonyl (C=O) groups is 3. The number of nitrogens with zero attached hydrogens (tertiary/aromatic N) is 3. The first-order chi connectivity index (χ1) is 17.9. The molecule has 0 spiro atoms. The summed E-state index contributed by atoms with van der Waals surface area (Å²) in [6.45, 7) is 5.29. The molecule has 38 heavy (non-hydrogen) atoms. The minimum absolute atomic E-state index is 0.0361. The van der Waals surface area contributed by atoms with Crippen molar-refractivity contribution in [2.45, 2.75) is 39.8 Å². The number of urea groups is 1. The van der Waals surface area contributed by atoms with Crippen LogP contribution >= 0.6 is 11.6 Å². The smallest absolute Gasteiger partial charge is 0.416 e. The number of allylic oxidation sites excluding steroid dienone is 1. The summed E-state index contributed by atoms with van der Waals surface area (Å²) in [5.41, 5.74) is -0.139. The van der Waals surface area contributed by atoms with Gasteiger partial charge in [-0.25, -0.2) is 4.79 Å². The topological polar surface area (TPSA) is 82.2 Å². The molecule has 0 saturated heterocycles. The van der Waals surface area contributed by atoms with Crippen LogP contribution in [-0.2, 0) is 22.3 Å². The van der Waals surface area contributed by atoms with Crippen LogP contribution in [0, 0.1) is 0 Å². The Morgan fingerprint density at radius 1 is 1.13 bits per heavy atom. The normalized spacial score (nSPS) is 14.8. The molecule has 2 aromatic carbocycles. The number of ketones is 1. The highest BCUT2D eigenvalue weighted by Crippen LogP contribution is 2.33. The molecule has 0 aliphatic carbocycles. The molecule has 0 aromatic heterocycles. The van der Waals surface area contributed by atoms with Gasteiger partial charge >= 0.3 is 12.2 Å². The van der Waals surface area contributed by atoms with Crippen molar-refractivity contribution in [3.05, 3.63) is 76.2 Å². The van der Waals surface area contributed by atoms with E-state index >= 15 is 0 Å². The van der Waals surface area contributed by atoms with Crippen molar-refractivity contribution in [1.82, 2.24) is 20.0 Å². The van der Waals surface area contributed by atoms with Gasteiger partial charge in [0.15, 0.2) is 6.29 Å². The number of benzene rings is 2. The van der Waals surface area contributed by atoms with Gasteiger partial charge in [0, 0.05) is 25.7 Å². The molecule has 1 N–H and O–H groups in total. The first-order valence-electron chi connectivity index (χ1n) is 11.7. The number of amides is 2. The van der Waals surface area contributed by atoms with Crippen molar-refractivity contribution in [3.63, 3.8) is 0 Å². The minimum Gasteiger partial charge on any atom is -0.452 e. The fourth-order valence-corrected chi connectivity index (χ4v) is 3.72. The molecule has 206 valence electrons. The van der Waals surface area contributed by atoms with Crippen molar-refractivity contribution in [2.24, 2.45) is 0 Å². The lowest BCUT2D eigenvalue weighted by atomic mass is 10.2. The first-order valence-corrected chi connectivity index (χ1v) is 12.1. The number of aldehydes is 1. The second kappa shape index (κ2) is 13.2. The average molecular weight is 555 g/mol. The molecule has 12 heteroatoms. The van der Waals surface area contributed by atoms with Crippen LogP contribution in [0.3, 0.4) is 0 Å². The van der Waals surface area contributed by atoms with E-state index in [4.69, 9.17) is 16.3 Å². The Hall–Kier alpha value is -3.73. The molecule has 2 aromatic rings. The molecule has 1 heterocycles. The van der Waals surface area contributed by atoms with E-state index in [1.54, 1.807) is 24.3 Å². The Kier molecular flexibility index (Phi) is 10.6. The Bertz CT molecular complexity index is 1170. The van der Waals surface area contributed by atoms with E-state index in [1.807, 2.05) is 13.8 Å². The number of ether oxygens (including phenoxy) is 1. The summed E-state index contributed by atoms with van der Waals surface area (Å²) in [6.07, 6.45) is -5.19. The lowest BCUT2D eigenvalue weighted by Crippen LogP contribution is -2.46. The van der Waals surface area contributed by atoms with Gasteiger partial charge in [0.2, 0.25) is 0 Å². The van der Waals surface area contributed by atoms with Crippen LogP contribution in [-0.4, -0.2) is 59.8 Å². The Morgan fingerprint density at radius 3 is 2.32 bits per heavy atom. The van der Waals surface area contributed by atoms with Crippen molar-refractivity contribution in [3.8, 4) is 5.75 Å². The SMILES string of the molecule is CC.CC(=O)CN(C)C(=O)N(C)C1=C(C=O)N(Cc2ccc(Cl)cc2)C(Oc2cccc(C(F)(F)F)c2)N1. The third-order valence-electron chi connectivity index (χ3n) is 5.29. The fourth-order valence-electron chi connectivity index (χ4n) is 3.60. The number of hydrogen-bond acceptors (Lipinski definition) is 6. The molecule has 1 aliphatic rings. The maximum absolute atomic E-state index is 13.2. The second-order valence-corrected chi connectivity index (χ2v) is 8.58. The zero-order valence-corrected chi connectivity index (χ0v) is 22.4. The van der Waals surface area contributed by atoms with Crippen LogP contribution in [0.5, 0.6) is 5.75 Å². The number of rotatable bonds is 8. The van der Waals surface area contributed by atoms with Gasteiger partial charge in [-0.1, -0.05) is 43.6 Å². The molecule has 1 atom stereocenters. The van der Waals surface area contributed by atoms with Crippen LogP contribution in [0.15, 0.2) is 60.0 Å². The van der Waals surface area contributed by atoms with Crippen LogP contribution in [0.1, 0.15) is 31.9 Å². The largest absolute Gasteiger partial charge is 0.452 e. The minimum atomic E-state index is -4.57. The van der Waals surface area contributed by atoms with E-state index in [0.717, 1.165) is 22.6 Å². The Balaban J connectivity index is 0.00000247. The zero-order chi connectivity index (χ0) is 28.6. The number of nitrogens with one attached hydrogen (secondary N) is 1. The lowest BCUT2D eigenvalue weighted by Gasteiger charge is -2.28. The third-order valence-corrected chi connectivity index (χ3v) is 5.54. The quantitative estimate of drug-likeness (QED) is 0.458. The molecule has 2 amide bonds. The fraction of sp³-hybridized carbons (Fsp3) is 0.346. The molecule has 0 saturated carbocycles. The molecule has 1 aliphatic heterocycles. The van der Waals surface area contributed by atoms with Gasteiger partial charge in [-0.15, -0.1) is 0 Å². The van der Waals surface area contributed by atoms with E-state index in [0.29, 0.717) is 11.3 Å². The van der Waals surface area contributed by atoms with Crippen molar-refractivity contribution in [1.29, 1.82) is 0 Å². The highest BCUT2D eigenvalue weighted by atomic mass is 35.5. The standard InChI is InChI=1S/C24H24ClF3N4O4.C2H6/c1-15(34)12-30(2)23(35)31(3)21-20(14-33)32(13-16-7-9-18(25)10-8-16)22(29-21)36-19-6-4-5-17(11-19)24(26,27)28;1-2/h4-11,14,22,29H,12-13H2,1-3H3;1-2H3. The molecule has 3 rings (SSSR count). The molecule has 0 radical (unpaired) electrons. The van der Waals surface area contributed by atoms with Gasteiger partial charge in [0.05, 0.1) is 12.1 Å². The second-order valence-electron chi connectivity index (χ2n) is 8.15. The van der Waals surface area contributed by atoms with Crippen molar-refractivity contribution < 1.29 is 32.3 Å². The molecule has 8 nitrogen and oxygen atoms in total. The number of carbonyl (C=O) groups excluding carboxylic acids is 3. The maximum atomic E-state index is 13.2. The molecule has 0 fully saturated rings. The first kappa shape index (κ1) is 30.5. The Labute approximate surface area is 224 Å². The van der Waals surface area contributed by atoms with Crippen molar-refractivity contribution in [2.75, 3.05) is 20.6 Å². The van der Waals surface area contributed by atoms with E-state index in [2.05, 4.69) is 5.32 Å². The summed E-state index contributed by atoms with van der Waals surface area (Å²) in [6, 6.07) is 10.5. The van der Waals surface area contributed by atoms with Crippen LogP contribution in [0.4, 0.5) is 18.0 Å². The molecular formula is C26H30ClF3N4O4. The van der Waals surface area contributed by atoms with E-state index in [-0.39, 0.29) is 36.1 Å². The van der Waals surface area contributed by atoms with E-state index in [1.165, 1.54) is 43.0 Å². The van der Waals surface area contributed by atoms with Gasteiger partial charge in [-0.05, 0) is 42.8 Å². The third kappa shape index (κ3) is 7.64. The van der Waals surface area contributed by atoms with Gasteiger partial charge in [0.1, 0.15) is 23.1 Å². The van der Waals surface area contributed by atoms with Gasteiger partial charge in [-0.2, -0.15) is 13.2 Å². The summed E-state index contributed by atoms with van der Waals surface area (Å²) in [5, 5.41) is 3.41. The van der Waals surface area contributed by atoms with Crippen LogP contribution in [0.25, 0.3) is 0 Å². The van der Waals surface area contributed by atoms with E-state index in [9.17, 15) is 27.6 Å². The summed E-state index contributed by atoms with van der Waals surface area (Å²) in [5.74, 6) is -0.271.